The van der Waals surface area contributed by atoms with Crippen molar-refractivity contribution in [2.75, 3.05) is 0 Å². The molecule has 3 heteroatoms. The van der Waals surface area contributed by atoms with E-state index in [4.69, 9.17) is 0 Å². The third-order valence-electron chi connectivity index (χ3n) is 2.02. The van der Waals surface area contributed by atoms with E-state index in [1.54, 1.807) is 12.3 Å². The summed E-state index contributed by atoms with van der Waals surface area (Å²) in [5.74, 6) is 0. The van der Waals surface area contributed by atoms with E-state index < -0.39 is 0 Å². The second-order valence-corrected chi connectivity index (χ2v) is 2.74. The first-order chi connectivity index (χ1) is 5.81. The normalized spacial score (nSPS) is 10.8. The van der Waals surface area contributed by atoms with Crippen molar-refractivity contribution in [3.05, 3.63) is 34.9 Å². The Morgan fingerprint density at radius 3 is 3.17 bits per heavy atom. The smallest absolute Gasteiger partial charge is 0.248 e. The lowest BCUT2D eigenvalue weighted by molar-refractivity contribution is 0.796. The number of aryl methyl sites for hydroxylation is 1. The van der Waals surface area contributed by atoms with Crippen molar-refractivity contribution in [1.29, 1.82) is 0 Å². The summed E-state index contributed by atoms with van der Waals surface area (Å²) in [6.07, 6.45) is 3.74. The molecule has 12 heavy (non-hydrogen) atoms. The maximum absolute atomic E-state index is 10.9. The van der Waals surface area contributed by atoms with Gasteiger partial charge in [0.15, 0.2) is 0 Å². The van der Waals surface area contributed by atoms with Gasteiger partial charge in [0.25, 0.3) is 0 Å². The zero-order valence-corrected chi connectivity index (χ0v) is 6.87. The van der Waals surface area contributed by atoms with Crippen LogP contribution in [0.1, 0.15) is 6.92 Å². The third kappa shape index (κ3) is 0.942. The van der Waals surface area contributed by atoms with Crippen LogP contribution in [-0.4, -0.2) is 9.55 Å². The van der Waals surface area contributed by atoms with Crippen molar-refractivity contribution in [3.8, 4) is 0 Å². The molecule has 2 heterocycles. The molecule has 0 aromatic carbocycles. The van der Waals surface area contributed by atoms with Gasteiger partial charge in [0, 0.05) is 30.4 Å². The van der Waals surface area contributed by atoms with Crippen LogP contribution in [0, 0.1) is 0 Å². The number of pyridine rings is 1. The summed E-state index contributed by atoms with van der Waals surface area (Å²) in [6.45, 7) is 3.00. The van der Waals surface area contributed by atoms with Crippen LogP contribution in [0.5, 0.6) is 0 Å². The summed E-state index contributed by atoms with van der Waals surface area (Å²) in [5, 5.41) is 1.00. The van der Waals surface area contributed by atoms with Gasteiger partial charge in [0.05, 0.1) is 5.52 Å². The summed E-state index contributed by atoms with van der Waals surface area (Å²) in [7, 11) is 0. The number of hydrogen-bond donors (Lipinski definition) is 1. The standard InChI is InChI=1S/C9H10N2O/c1-2-11-4-3-7-5-9(12)10-6-8(7)11/h3-6H,2H2,1H3,(H,10,12). The largest absolute Gasteiger partial charge is 0.347 e. The van der Waals surface area contributed by atoms with Gasteiger partial charge in [0.2, 0.25) is 5.56 Å². The van der Waals surface area contributed by atoms with Crippen molar-refractivity contribution in [3.63, 3.8) is 0 Å². The van der Waals surface area contributed by atoms with E-state index in [1.807, 2.05) is 12.3 Å². The first-order valence-electron chi connectivity index (χ1n) is 3.99. The Kier molecular flexibility index (Phi) is 1.50. The fourth-order valence-electron chi connectivity index (χ4n) is 1.39. The Hall–Kier alpha value is -1.51. The van der Waals surface area contributed by atoms with Crippen molar-refractivity contribution >= 4 is 10.9 Å². The van der Waals surface area contributed by atoms with Gasteiger partial charge in [0.1, 0.15) is 0 Å². The van der Waals surface area contributed by atoms with Crippen molar-refractivity contribution < 1.29 is 0 Å². The Morgan fingerprint density at radius 2 is 2.42 bits per heavy atom. The summed E-state index contributed by atoms with van der Waals surface area (Å²) in [4.78, 5) is 13.6. The number of nitrogens with zero attached hydrogens (tertiary/aromatic N) is 1. The minimum absolute atomic E-state index is 0.0450. The van der Waals surface area contributed by atoms with Crippen LogP contribution >= 0.6 is 0 Å². The average Bonchev–Trinajstić information content (AvgIpc) is 2.46. The predicted octanol–water partition coefficient (Wildman–Crippen LogP) is 1.35. The SMILES string of the molecule is CCn1ccc2cc(=O)[nH]cc21. The number of rotatable bonds is 1. The molecule has 0 unspecified atom stereocenters. The number of hydrogen-bond acceptors (Lipinski definition) is 1. The van der Waals surface area contributed by atoms with Crippen molar-refractivity contribution in [2.24, 2.45) is 0 Å². The highest BCUT2D eigenvalue weighted by atomic mass is 16.1. The predicted molar refractivity (Wildman–Crippen MR) is 48.2 cm³/mol. The minimum Gasteiger partial charge on any atom is -0.347 e. The molecule has 2 aromatic heterocycles. The summed E-state index contributed by atoms with van der Waals surface area (Å²) in [6, 6.07) is 3.57. The molecule has 0 saturated heterocycles. The lowest BCUT2D eigenvalue weighted by Crippen LogP contribution is -2.02. The second kappa shape index (κ2) is 2.52. The molecule has 0 bridgehead atoms. The molecular formula is C9H10N2O. The molecule has 0 aliphatic rings. The zero-order valence-electron chi connectivity index (χ0n) is 6.87. The molecule has 2 aromatic rings. The number of aromatic amines is 1. The fraction of sp³-hybridized carbons (Fsp3) is 0.222. The molecule has 0 aliphatic heterocycles. The zero-order chi connectivity index (χ0) is 8.55. The van der Waals surface area contributed by atoms with E-state index in [-0.39, 0.29) is 5.56 Å². The van der Waals surface area contributed by atoms with Gasteiger partial charge in [-0.15, -0.1) is 0 Å². The van der Waals surface area contributed by atoms with Crippen LogP contribution in [-0.2, 0) is 6.54 Å². The molecule has 0 aliphatic carbocycles. The molecular weight excluding hydrogens is 152 g/mol. The maximum atomic E-state index is 10.9. The van der Waals surface area contributed by atoms with Gasteiger partial charge in [-0.3, -0.25) is 4.79 Å². The highest BCUT2D eigenvalue weighted by Gasteiger charge is 1.98. The van der Waals surface area contributed by atoms with E-state index in [1.165, 1.54) is 0 Å². The monoisotopic (exact) mass is 162 g/mol. The van der Waals surface area contributed by atoms with E-state index >= 15 is 0 Å². The highest BCUT2D eigenvalue weighted by Crippen LogP contribution is 2.11. The first kappa shape index (κ1) is 7.16. The van der Waals surface area contributed by atoms with Gasteiger partial charge >= 0.3 is 0 Å². The van der Waals surface area contributed by atoms with Crippen LogP contribution in [0.15, 0.2) is 29.3 Å². The van der Waals surface area contributed by atoms with E-state index in [9.17, 15) is 4.79 Å². The Labute approximate surface area is 69.6 Å². The molecule has 3 nitrogen and oxygen atoms in total. The molecule has 0 atom stereocenters. The van der Waals surface area contributed by atoms with Crippen LogP contribution in [0.25, 0.3) is 10.9 Å². The highest BCUT2D eigenvalue weighted by molar-refractivity contribution is 5.78. The summed E-state index contributed by atoms with van der Waals surface area (Å²) < 4.78 is 2.09. The lowest BCUT2D eigenvalue weighted by atomic mass is 10.3. The number of H-pyrrole nitrogens is 1. The van der Waals surface area contributed by atoms with Gasteiger partial charge in [-0.2, -0.15) is 0 Å². The van der Waals surface area contributed by atoms with Gasteiger partial charge < -0.3 is 9.55 Å². The molecule has 0 spiro atoms. The third-order valence-corrected chi connectivity index (χ3v) is 2.02. The molecule has 62 valence electrons. The molecule has 0 saturated carbocycles. The van der Waals surface area contributed by atoms with Crippen LogP contribution in [0.4, 0.5) is 0 Å². The van der Waals surface area contributed by atoms with Gasteiger partial charge in [-0.1, -0.05) is 0 Å². The average molecular weight is 162 g/mol. The van der Waals surface area contributed by atoms with Crippen LogP contribution < -0.4 is 5.56 Å². The molecule has 0 fully saturated rings. The lowest BCUT2D eigenvalue weighted by Gasteiger charge is -1.97. The first-order valence-corrected chi connectivity index (χ1v) is 3.99. The van der Waals surface area contributed by atoms with Gasteiger partial charge in [-0.05, 0) is 13.0 Å². The summed E-state index contributed by atoms with van der Waals surface area (Å²) >= 11 is 0. The molecule has 1 N–H and O–H groups in total. The van der Waals surface area contributed by atoms with Crippen LogP contribution in [0.2, 0.25) is 0 Å². The van der Waals surface area contributed by atoms with Gasteiger partial charge in [-0.25, -0.2) is 0 Å². The van der Waals surface area contributed by atoms with E-state index in [0.717, 1.165) is 17.4 Å². The maximum Gasteiger partial charge on any atom is 0.248 e. The van der Waals surface area contributed by atoms with Crippen molar-refractivity contribution in [1.82, 2.24) is 9.55 Å². The summed E-state index contributed by atoms with van der Waals surface area (Å²) in [5.41, 5.74) is 1.04. The Bertz CT molecular complexity index is 453. The number of aromatic nitrogens is 2. The number of nitrogens with one attached hydrogen (secondary N) is 1. The van der Waals surface area contributed by atoms with E-state index in [0.29, 0.717) is 0 Å². The van der Waals surface area contributed by atoms with Crippen molar-refractivity contribution in [2.45, 2.75) is 13.5 Å². The topological polar surface area (TPSA) is 37.8 Å². The number of fused-ring (bicyclic) bond motifs is 1. The Morgan fingerprint density at radius 1 is 1.58 bits per heavy atom. The molecule has 0 amide bonds. The Balaban J connectivity index is 2.81. The molecule has 2 rings (SSSR count). The molecule has 0 radical (unpaired) electrons. The van der Waals surface area contributed by atoms with E-state index in [2.05, 4.69) is 16.5 Å². The quantitative estimate of drug-likeness (QED) is 0.675. The second-order valence-electron chi connectivity index (χ2n) is 2.74. The van der Waals surface area contributed by atoms with Crippen LogP contribution in [0.3, 0.4) is 0 Å². The minimum atomic E-state index is -0.0450. The fourth-order valence-corrected chi connectivity index (χ4v) is 1.39.